The van der Waals surface area contributed by atoms with E-state index < -0.39 is 0 Å². The molecular weight excluding hydrogens is 166 g/mol. The van der Waals surface area contributed by atoms with Gasteiger partial charge in [0.2, 0.25) is 5.95 Å². The van der Waals surface area contributed by atoms with Gasteiger partial charge in [-0.3, -0.25) is 0 Å². The molecule has 0 saturated heterocycles. The Morgan fingerprint density at radius 3 is 2.69 bits per heavy atom. The second-order valence-electron chi connectivity index (χ2n) is 2.83. The van der Waals surface area contributed by atoms with Gasteiger partial charge in [-0.2, -0.15) is 0 Å². The number of aliphatic hydroxyl groups excluding tert-OH is 1. The third-order valence-corrected chi connectivity index (χ3v) is 1.87. The zero-order valence-corrected chi connectivity index (χ0v) is 7.77. The molecule has 1 rings (SSSR count). The molecule has 1 atom stereocenters. The van der Waals surface area contributed by atoms with E-state index in [4.69, 9.17) is 5.11 Å². The zero-order chi connectivity index (χ0) is 9.52. The third-order valence-electron chi connectivity index (χ3n) is 1.87. The van der Waals surface area contributed by atoms with Crippen molar-refractivity contribution >= 4 is 5.95 Å². The highest BCUT2D eigenvalue weighted by Crippen LogP contribution is 2.04. The summed E-state index contributed by atoms with van der Waals surface area (Å²) in [5.41, 5.74) is 0. The summed E-state index contributed by atoms with van der Waals surface area (Å²) in [6.07, 6.45) is 5.08. The number of hydrogen-bond acceptors (Lipinski definition) is 4. The summed E-state index contributed by atoms with van der Waals surface area (Å²) >= 11 is 0. The van der Waals surface area contributed by atoms with Gasteiger partial charge in [-0.15, -0.1) is 0 Å². The van der Waals surface area contributed by atoms with Crippen LogP contribution in [0.2, 0.25) is 0 Å². The number of nitrogens with zero attached hydrogens (tertiary/aromatic N) is 2. The van der Waals surface area contributed by atoms with Crippen molar-refractivity contribution in [3.8, 4) is 0 Å². The van der Waals surface area contributed by atoms with Crippen molar-refractivity contribution in [1.82, 2.24) is 9.97 Å². The fraction of sp³-hybridized carbons (Fsp3) is 0.556. The molecule has 13 heavy (non-hydrogen) atoms. The fourth-order valence-electron chi connectivity index (χ4n) is 1.09. The first-order valence-electron chi connectivity index (χ1n) is 4.51. The molecule has 1 aromatic heterocycles. The molecule has 4 heteroatoms. The molecule has 1 aromatic rings. The molecule has 4 nitrogen and oxygen atoms in total. The van der Waals surface area contributed by atoms with Crippen molar-refractivity contribution in [2.24, 2.45) is 0 Å². The Morgan fingerprint density at radius 2 is 2.15 bits per heavy atom. The predicted octanol–water partition coefficient (Wildman–Crippen LogP) is 1.05. The summed E-state index contributed by atoms with van der Waals surface area (Å²) in [6, 6.07) is 2.03. The maximum Gasteiger partial charge on any atom is 0.222 e. The molecule has 0 aliphatic heterocycles. The quantitative estimate of drug-likeness (QED) is 0.712. The average Bonchev–Trinajstić information content (AvgIpc) is 2.19. The molecule has 0 aliphatic carbocycles. The molecule has 72 valence electrons. The van der Waals surface area contributed by atoms with E-state index in [0.717, 1.165) is 12.8 Å². The number of aliphatic hydroxyl groups is 1. The van der Waals surface area contributed by atoms with E-state index in [1.807, 2.05) is 0 Å². The van der Waals surface area contributed by atoms with E-state index in [1.165, 1.54) is 0 Å². The van der Waals surface area contributed by atoms with Crippen LogP contribution in [-0.2, 0) is 0 Å². The maximum absolute atomic E-state index is 8.76. The van der Waals surface area contributed by atoms with Gasteiger partial charge in [0.15, 0.2) is 0 Å². The van der Waals surface area contributed by atoms with Gasteiger partial charge in [-0.05, 0) is 18.9 Å². The normalized spacial score (nSPS) is 12.5. The Labute approximate surface area is 78.0 Å². The number of hydrogen-bond donors (Lipinski definition) is 2. The lowest BCUT2D eigenvalue weighted by Crippen LogP contribution is -2.21. The lowest BCUT2D eigenvalue weighted by molar-refractivity contribution is 0.278. The molecule has 0 saturated carbocycles. The molecule has 0 bridgehead atoms. The molecule has 0 radical (unpaired) electrons. The molecule has 0 amide bonds. The highest BCUT2D eigenvalue weighted by atomic mass is 16.3. The summed E-state index contributed by atoms with van der Waals surface area (Å²) in [7, 11) is 0. The van der Waals surface area contributed by atoms with Crippen LogP contribution in [-0.4, -0.2) is 27.7 Å². The zero-order valence-electron chi connectivity index (χ0n) is 7.77. The number of aromatic nitrogens is 2. The van der Waals surface area contributed by atoms with Crippen LogP contribution in [0.4, 0.5) is 5.95 Å². The van der Waals surface area contributed by atoms with Gasteiger partial charge in [-0.1, -0.05) is 6.92 Å². The van der Waals surface area contributed by atoms with Crippen LogP contribution in [0, 0.1) is 0 Å². The first kappa shape index (κ1) is 9.92. The average molecular weight is 181 g/mol. The largest absolute Gasteiger partial charge is 0.396 e. The minimum atomic E-state index is 0.193. The molecular formula is C9H15N3O. The summed E-state index contributed by atoms with van der Waals surface area (Å²) in [5, 5.41) is 11.9. The maximum atomic E-state index is 8.76. The van der Waals surface area contributed by atoms with Gasteiger partial charge in [0.1, 0.15) is 0 Å². The third kappa shape index (κ3) is 3.38. The molecule has 1 unspecified atom stereocenters. The standard InChI is InChI=1S/C9H15N3O/c1-2-8(4-7-13)12-9-10-5-3-6-11-9/h3,5-6,8,13H,2,4,7H2,1H3,(H,10,11,12). The highest BCUT2D eigenvalue weighted by Gasteiger charge is 2.05. The Balaban J connectivity index is 2.46. The van der Waals surface area contributed by atoms with Crippen molar-refractivity contribution in [2.45, 2.75) is 25.8 Å². The Bertz CT molecular complexity index is 228. The van der Waals surface area contributed by atoms with Crippen LogP contribution in [0.15, 0.2) is 18.5 Å². The van der Waals surface area contributed by atoms with E-state index in [2.05, 4.69) is 22.2 Å². The number of rotatable bonds is 5. The fourth-order valence-corrected chi connectivity index (χ4v) is 1.09. The Morgan fingerprint density at radius 1 is 1.46 bits per heavy atom. The van der Waals surface area contributed by atoms with Gasteiger partial charge >= 0.3 is 0 Å². The van der Waals surface area contributed by atoms with Gasteiger partial charge in [0.05, 0.1) is 0 Å². The van der Waals surface area contributed by atoms with Crippen LogP contribution >= 0.6 is 0 Å². The van der Waals surface area contributed by atoms with Gasteiger partial charge in [0.25, 0.3) is 0 Å². The van der Waals surface area contributed by atoms with Crippen molar-refractivity contribution in [3.05, 3.63) is 18.5 Å². The van der Waals surface area contributed by atoms with E-state index in [-0.39, 0.29) is 12.6 Å². The SMILES string of the molecule is CCC(CCO)Nc1ncccn1. The van der Waals surface area contributed by atoms with Crippen molar-refractivity contribution in [1.29, 1.82) is 0 Å². The first-order valence-corrected chi connectivity index (χ1v) is 4.51. The lowest BCUT2D eigenvalue weighted by Gasteiger charge is -2.14. The lowest BCUT2D eigenvalue weighted by atomic mass is 10.2. The van der Waals surface area contributed by atoms with E-state index >= 15 is 0 Å². The molecule has 0 spiro atoms. The molecule has 2 N–H and O–H groups in total. The van der Waals surface area contributed by atoms with Crippen LogP contribution < -0.4 is 5.32 Å². The summed E-state index contributed by atoms with van der Waals surface area (Å²) < 4.78 is 0. The van der Waals surface area contributed by atoms with E-state index in [1.54, 1.807) is 18.5 Å². The van der Waals surface area contributed by atoms with E-state index in [9.17, 15) is 0 Å². The minimum Gasteiger partial charge on any atom is -0.396 e. The van der Waals surface area contributed by atoms with Crippen LogP contribution in [0.3, 0.4) is 0 Å². The Kier molecular flexibility index (Phi) is 4.18. The molecule has 1 heterocycles. The topological polar surface area (TPSA) is 58.0 Å². The second-order valence-corrected chi connectivity index (χ2v) is 2.83. The second kappa shape index (κ2) is 5.48. The van der Waals surface area contributed by atoms with Crippen molar-refractivity contribution in [2.75, 3.05) is 11.9 Å². The first-order chi connectivity index (χ1) is 6.36. The summed E-state index contributed by atoms with van der Waals surface area (Å²) in [6.45, 7) is 2.26. The number of anilines is 1. The van der Waals surface area contributed by atoms with Gasteiger partial charge in [0, 0.05) is 25.0 Å². The summed E-state index contributed by atoms with van der Waals surface area (Å²) in [4.78, 5) is 8.09. The molecule has 0 fully saturated rings. The van der Waals surface area contributed by atoms with Crippen molar-refractivity contribution in [3.63, 3.8) is 0 Å². The summed E-state index contributed by atoms with van der Waals surface area (Å²) in [5.74, 6) is 0.628. The molecule has 0 aromatic carbocycles. The predicted molar refractivity (Wildman–Crippen MR) is 51.4 cm³/mol. The smallest absolute Gasteiger partial charge is 0.222 e. The van der Waals surface area contributed by atoms with Crippen LogP contribution in [0.1, 0.15) is 19.8 Å². The minimum absolute atomic E-state index is 0.193. The highest BCUT2D eigenvalue weighted by molar-refractivity contribution is 5.23. The van der Waals surface area contributed by atoms with E-state index in [0.29, 0.717) is 5.95 Å². The van der Waals surface area contributed by atoms with Crippen molar-refractivity contribution < 1.29 is 5.11 Å². The van der Waals surface area contributed by atoms with Gasteiger partial charge < -0.3 is 10.4 Å². The monoisotopic (exact) mass is 181 g/mol. The Hall–Kier alpha value is -1.16. The molecule has 0 aliphatic rings. The van der Waals surface area contributed by atoms with Crippen LogP contribution in [0.5, 0.6) is 0 Å². The van der Waals surface area contributed by atoms with Crippen LogP contribution in [0.25, 0.3) is 0 Å². The van der Waals surface area contributed by atoms with Gasteiger partial charge in [-0.25, -0.2) is 9.97 Å². The number of nitrogens with one attached hydrogen (secondary N) is 1.